The summed E-state index contributed by atoms with van der Waals surface area (Å²) >= 11 is 5.88. The van der Waals surface area contributed by atoms with E-state index >= 15 is 0 Å². The standard InChI is InChI=1S/C14H18ClNO4/c1-9(2)16-13(17)7-20-14(18)8-19-11-4-5-12(15)10(3)6-11/h4-6,9H,7-8H2,1-3H3,(H,16,17). The van der Waals surface area contributed by atoms with Gasteiger partial charge in [0.05, 0.1) is 0 Å². The van der Waals surface area contributed by atoms with E-state index in [1.807, 2.05) is 20.8 Å². The lowest BCUT2D eigenvalue weighted by Crippen LogP contribution is -2.34. The number of aryl methyl sites for hydroxylation is 1. The number of benzene rings is 1. The van der Waals surface area contributed by atoms with Crippen LogP contribution in [-0.4, -0.2) is 31.1 Å². The Kier molecular flexibility index (Phi) is 6.31. The molecule has 1 rings (SSSR count). The van der Waals surface area contributed by atoms with Crippen molar-refractivity contribution >= 4 is 23.5 Å². The molecular formula is C14H18ClNO4. The minimum Gasteiger partial charge on any atom is -0.482 e. The molecule has 0 fully saturated rings. The first-order valence-corrected chi connectivity index (χ1v) is 6.60. The fraction of sp³-hybridized carbons (Fsp3) is 0.429. The van der Waals surface area contributed by atoms with E-state index in [0.29, 0.717) is 10.8 Å². The summed E-state index contributed by atoms with van der Waals surface area (Å²) in [4.78, 5) is 22.7. The van der Waals surface area contributed by atoms with Gasteiger partial charge >= 0.3 is 5.97 Å². The second kappa shape index (κ2) is 7.75. The number of hydrogen-bond acceptors (Lipinski definition) is 4. The monoisotopic (exact) mass is 299 g/mol. The van der Waals surface area contributed by atoms with Gasteiger partial charge in [-0.15, -0.1) is 0 Å². The largest absolute Gasteiger partial charge is 0.482 e. The van der Waals surface area contributed by atoms with Crippen LogP contribution in [0.2, 0.25) is 5.02 Å². The van der Waals surface area contributed by atoms with Gasteiger partial charge in [-0.1, -0.05) is 11.6 Å². The van der Waals surface area contributed by atoms with E-state index in [0.717, 1.165) is 5.56 Å². The number of nitrogens with one attached hydrogen (secondary N) is 1. The maximum Gasteiger partial charge on any atom is 0.344 e. The Labute approximate surface area is 123 Å². The summed E-state index contributed by atoms with van der Waals surface area (Å²) in [6, 6.07) is 5.08. The van der Waals surface area contributed by atoms with E-state index in [9.17, 15) is 9.59 Å². The summed E-state index contributed by atoms with van der Waals surface area (Å²) in [5.74, 6) is -0.414. The van der Waals surface area contributed by atoms with E-state index in [2.05, 4.69) is 5.32 Å². The second-order valence-electron chi connectivity index (χ2n) is 4.58. The number of halogens is 1. The molecule has 6 heteroatoms. The highest BCUT2D eigenvalue weighted by atomic mass is 35.5. The predicted octanol–water partition coefficient (Wildman–Crippen LogP) is 2.10. The Bertz CT molecular complexity index is 488. The fourth-order valence-electron chi connectivity index (χ4n) is 1.40. The summed E-state index contributed by atoms with van der Waals surface area (Å²) < 4.78 is 10.0. The van der Waals surface area contributed by atoms with Gasteiger partial charge < -0.3 is 14.8 Å². The van der Waals surface area contributed by atoms with Crippen LogP contribution >= 0.6 is 11.6 Å². The fourth-order valence-corrected chi connectivity index (χ4v) is 1.52. The molecule has 110 valence electrons. The molecule has 0 heterocycles. The van der Waals surface area contributed by atoms with Crippen LogP contribution in [0.25, 0.3) is 0 Å². The average molecular weight is 300 g/mol. The highest BCUT2D eigenvalue weighted by Crippen LogP contribution is 2.20. The van der Waals surface area contributed by atoms with Crippen LogP contribution in [0.1, 0.15) is 19.4 Å². The van der Waals surface area contributed by atoms with Gasteiger partial charge in [0.2, 0.25) is 0 Å². The van der Waals surface area contributed by atoms with E-state index in [1.165, 1.54) is 0 Å². The summed E-state index contributed by atoms with van der Waals surface area (Å²) in [5, 5.41) is 3.24. The summed E-state index contributed by atoms with van der Waals surface area (Å²) in [6.45, 7) is 4.93. The number of carbonyl (C=O) groups is 2. The van der Waals surface area contributed by atoms with Gasteiger partial charge in [0.1, 0.15) is 5.75 Å². The molecule has 0 bridgehead atoms. The molecule has 0 aliphatic rings. The molecule has 1 amide bonds. The van der Waals surface area contributed by atoms with Crippen molar-refractivity contribution in [3.63, 3.8) is 0 Å². The molecule has 20 heavy (non-hydrogen) atoms. The molecule has 0 unspecified atom stereocenters. The predicted molar refractivity (Wildman–Crippen MR) is 75.9 cm³/mol. The van der Waals surface area contributed by atoms with Crippen molar-refractivity contribution < 1.29 is 19.1 Å². The van der Waals surface area contributed by atoms with Crippen molar-refractivity contribution in [1.82, 2.24) is 5.32 Å². The molecule has 0 aromatic heterocycles. The van der Waals surface area contributed by atoms with Crippen molar-refractivity contribution in [2.24, 2.45) is 0 Å². The van der Waals surface area contributed by atoms with Gasteiger partial charge in [0, 0.05) is 11.1 Å². The molecule has 0 spiro atoms. The van der Waals surface area contributed by atoms with Gasteiger partial charge in [-0.3, -0.25) is 4.79 Å². The maximum absolute atomic E-state index is 11.4. The van der Waals surface area contributed by atoms with Gasteiger partial charge in [0.15, 0.2) is 13.2 Å². The molecule has 0 aliphatic carbocycles. The Morgan fingerprint density at radius 2 is 2.00 bits per heavy atom. The van der Waals surface area contributed by atoms with Crippen LogP contribution in [0.15, 0.2) is 18.2 Å². The highest BCUT2D eigenvalue weighted by molar-refractivity contribution is 6.31. The van der Waals surface area contributed by atoms with Crippen molar-refractivity contribution in [3.8, 4) is 5.75 Å². The number of carbonyl (C=O) groups excluding carboxylic acids is 2. The summed E-state index contributed by atoms with van der Waals surface area (Å²) in [7, 11) is 0. The lowest BCUT2D eigenvalue weighted by molar-refractivity contribution is -0.150. The first kappa shape index (κ1) is 16.3. The van der Waals surface area contributed by atoms with Gasteiger partial charge in [-0.2, -0.15) is 0 Å². The number of esters is 1. The van der Waals surface area contributed by atoms with E-state index in [-0.39, 0.29) is 25.2 Å². The quantitative estimate of drug-likeness (QED) is 0.817. The molecule has 5 nitrogen and oxygen atoms in total. The topological polar surface area (TPSA) is 64.6 Å². The van der Waals surface area contributed by atoms with Crippen molar-refractivity contribution in [2.75, 3.05) is 13.2 Å². The summed E-state index contributed by atoms with van der Waals surface area (Å²) in [5.41, 5.74) is 0.855. The minimum atomic E-state index is -0.600. The summed E-state index contributed by atoms with van der Waals surface area (Å²) in [6.07, 6.45) is 0. The lowest BCUT2D eigenvalue weighted by atomic mass is 10.2. The molecule has 1 N–H and O–H groups in total. The molecule has 1 aromatic rings. The molecule has 0 aliphatic heterocycles. The van der Waals surface area contributed by atoms with Crippen LogP contribution in [0, 0.1) is 6.92 Å². The third-order valence-electron chi connectivity index (χ3n) is 2.30. The molecule has 0 atom stereocenters. The average Bonchev–Trinajstić information content (AvgIpc) is 2.37. The SMILES string of the molecule is Cc1cc(OCC(=O)OCC(=O)NC(C)C)ccc1Cl. The van der Waals surface area contributed by atoms with E-state index in [4.69, 9.17) is 21.1 Å². The van der Waals surface area contributed by atoms with E-state index in [1.54, 1.807) is 18.2 Å². The zero-order chi connectivity index (χ0) is 15.1. The Balaban J connectivity index is 2.32. The minimum absolute atomic E-state index is 0.00879. The number of ether oxygens (including phenoxy) is 2. The van der Waals surface area contributed by atoms with Crippen LogP contribution in [0.3, 0.4) is 0 Å². The molecule has 0 radical (unpaired) electrons. The van der Waals surface area contributed by atoms with Crippen molar-refractivity contribution in [3.05, 3.63) is 28.8 Å². The number of rotatable bonds is 6. The number of amides is 1. The van der Waals surface area contributed by atoms with Crippen LogP contribution < -0.4 is 10.1 Å². The molecule has 0 saturated heterocycles. The smallest absolute Gasteiger partial charge is 0.344 e. The third-order valence-corrected chi connectivity index (χ3v) is 2.72. The van der Waals surface area contributed by atoms with Gasteiger partial charge in [-0.25, -0.2) is 4.79 Å². The van der Waals surface area contributed by atoms with Crippen molar-refractivity contribution in [2.45, 2.75) is 26.8 Å². The normalized spacial score (nSPS) is 10.2. The second-order valence-corrected chi connectivity index (χ2v) is 4.99. The first-order chi connectivity index (χ1) is 9.38. The van der Waals surface area contributed by atoms with Gasteiger partial charge in [0.25, 0.3) is 5.91 Å². The third kappa shape index (κ3) is 5.93. The van der Waals surface area contributed by atoms with Crippen LogP contribution in [0.4, 0.5) is 0 Å². The first-order valence-electron chi connectivity index (χ1n) is 6.22. The maximum atomic E-state index is 11.4. The van der Waals surface area contributed by atoms with Crippen LogP contribution in [-0.2, 0) is 14.3 Å². The van der Waals surface area contributed by atoms with Gasteiger partial charge in [-0.05, 0) is 44.5 Å². The zero-order valence-electron chi connectivity index (χ0n) is 11.7. The molecule has 1 aromatic carbocycles. The zero-order valence-corrected chi connectivity index (χ0v) is 12.5. The Morgan fingerprint density at radius 3 is 2.60 bits per heavy atom. The van der Waals surface area contributed by atoms with Crippen molar-refractivity contribution in [1.29, 1.82) is 0 Å². The van der Waals surface area contributed by atoms with Crippen LogP contribution in [0.5, 0.6) is 5.75 Å². The Hall–Kier alpha value is -1.75. The number of hydrogen-bond donors (Lipinski definition) is 1. The molecular weight excluding hydrogens is 282 g/mol. The Morgan fingerprint density at radius 1 is 1.30 bits per heavy atom. The highest BCUT2D eigenvalue weighted by Gasteiger charge is 2.09. The lowest BCUT2D eigenvalue weighted by Gasteiger charge is -2.10. The van der Waals surface area contributed by atoms with E-state index < -0.39 is 5.97 Å². The molecule has 0 saturated carbocycles.